The number of ether oxygens (including phenoxy) is 2. The molecular formula is C21H23BrN4O4S. The van der Waals surface area contributed by atoms with Crippen molar-refractivity contribution in [2.75, 3.05) is 20.3 Å². The van der Waals surface area contributed by atoms with E-state index in [9.17, 15) is 10.1 Å². The minimum absolute atomic E-state index is 0.292. The highest BCUT2D eigenvalue weighted by molar-refractivity contribution is 9.10. The van der Waals surface area contributed by atoms with E-state index in [0.717, 1.165) is 16.8 Å². The summed E-state index contributed by atoms with van der Waals surface area (Å²) in [7, 11) is 1.54. The van der Waals surface area contributed by atoms with Crippen molar-refractivity contribution in [1.29, 1.82) is 0 Å². The fourth-order valence-corrected chi connectivity index (χ4v) is 5.12. The Morgan fingerprint density at radius 3 is 2.65 bits per heavy atom. The summed E-state index contributed by atoms with van der Waals surface area (Å²) in [6, 6.07) is 11.5. The Hall–Kier alpha value is -2.59. The van der Waals surface area contributed by atoms with Gasteiger partial charge in [0.25, 0.3) is 0 Å². The standard InChI is InChI=1S/C21H23BrN4O4S/c1-5-30-19-11-17(22)16(10-18(19)29-4)20(12-25(27)28)31-21-24-23-14(3)26(21)15-8-6-7-13(2)9-15/h6-11,20H,5,12H2,1-4H3/t20-/m1/s1. The lowest BCUT2D eigenvalue weighted by Crippen LogP contribution is -2.12. The van der Waals surface area contributed by atoms with Crippen LogP contribution in [0.15, 0.2) is 46.0 Å². The Kier molecular flexibility index (Phi) is 7.55. The summed E-state index contributed by atoms with van der Waals surface area (Å²) in [5, 5.41) is 20.0. The molecule has 2 aromatic carbocycles. The second-order valence-electron chi connectivity index (χ2n) is 6.78. The predicted octanol–water partition coefficient (Wildman–Crippen LogP) is 5.16. The van der Waals surface area contributed by atoms with E-state index in [2.05, 4.69) is 26.1 Å². The minimum atomic E-state index is -0.527. The van der Waals surface area contributed by atoms with Gasteiger partial charge in [-0.25, -0.2) is 0 Å². The van der Waals surface area contributed by atoms with Crippen molar-refractivity contribution in [1.82, 2.24) is 14.8 Å². The average Bonchev–Trinajstić information content (AvgIpc) is 3.07. The van der Waals surface area contributed by atoms with Gasteiger partial charge in [-0.1, -0.05) is 39.8 Å². The molecule has 1 atom stereocenters. The first kappa shape index (κ1) is 23.1. The van der Waals surface area contributed by atoms with Crippen molar-refractivity contribution in [3.8, 4) is 17.2 Å². The predicted molar refractivity (Wildman–Crippen MR) is 123 cm³/mol. The number of nitro groups is 1. The second-order valence-corrected chi connectivity index (χ2v) is 8.81. The molecular weight excluding hydrogens is 484 g/mol. The summed E-state index contributed by atoms with van der Waals surface area (Å²) in [6.07, 6.45) is 0. The molecule has 0 aliphatic carbocycles. The van der Waals surface area contributed by atoms with Gasteiger partial charge in [0.2, 0.25) is 6.54 Å². The number of nitrogens with zero attached hydrogens (tertiary/aromatic N) is 4. The Balaban J connectivity index is 2.04. The van der Waals surface area contributed by atoms with E-state index < -0.39 is 5.25 Å². The van der Waals surface area contributed by atoms with E-state index in [4.69, 9.17) is 9.47 Å². The van der Waals surface area contributed by atoms with Crippen molar-refractivity contribution in [3.63, 3.8) is 0 Å². The van der Waals surface area contributed by atoms with Gasteiger partial charge in [-0.05, 0) is 56.2 Å². The van der Waals surface area contributed by atoms with Crippen LogP contribution in [-0.2, 0) is 0 Å². The molecule has 1 heterocycles. The van der Waals surface area contributed by atoms with Crippen LogP contribution in [0.3, 0.4) is 0 Å². The Labute approximate surface area is 193 Å². The molecule has 0 aliphatic heterocycles. The van der Waals surface area contributed by atoms with Crippen LogP contribution in [0.25, 0.3) is 5.69 Å². The largest absolute Gasteiger partial charge is 0.493 e. The van der Waals surface area contributed by atoms with Crippen molar-refractivity contribution in [3.05, 3.63) is 67.9 Å². The highest BCUT2D eigenvalue weighted by atomic mass is 79.9. The monoisotopic (exact) mass is 506 g/mol. The molecule has 0 aliphatic rings. The average molecular weight is 507 g/mol. The molecule has 164 valence electrons. The summed E-state index contributed by atoms with van der Waals surface area (Å²) < 4.78 is 13.7. The summed E-state index contributed by atoms with van der Waals surface area (Å²) in [4.78, 5) is 11.2. The first-order valence-electron chi connectivity index (χ1n) is 9.61. The van der Waals surface area contributed by atoms with E-state index in [0.29, 0.717) is 33.6 Å². The van der Waals surface area contributed by atoms with Gasteiger partial charge in [0, 0.05) is 15.1 Å². The molecule has 3 aromatic rings. The number of aryl methyl sites for hydroxylation is 2. The van der Waals surface area contributed by atoms with Crippen molar-refractivity contribution in [2.45, 2.75) is 31.2 Å². The number of thioether (sulfide) groups is 1. The van der Waals surface area contributed by atoms with Gasteiger partial charge in [-0.3, -0.25) is 14.7 Å². The van der Waals surface area contributed by atoms with E-state index in [1.165, 1.54) is 11.8 Å². The summed E-state index contributed by atoms with van der Waals surface area (Å²) >= 11 is 4.84. The SMILES string of the molecule is CCOc1cc(Br)c([C@@H](C[N+](=O)[O-])Sc2nnc(C)n2-c2cccc(C)c2)cc1OC. The molecule has 0 radical (unpaired) electrons. The van der Waals surface area contributed by atoms with Gasteiger partial charge in [0.05, 0.1) is 13.7 Å². The first-order chi connectivity index (χ1) is 14.8. The fraction of sp³-hybridized carbons (Fsp3) is 0.333. The third-order valence-corrected chi connectivity index (χ3v) is 6.40. The Bertz CT molecular complexity index is 1090. The molecule has 0 fully saturated rings. The topological polar surface area (TPSA) is 92.3 Å². The smallest absolute Gasteiger partial charge is 0.220 e. The van der Waals surface area contributed by atoms with Crippen LogP contribution in [0.5, 0.6) is 11.5 Å². The van der Waals surface area contributed by atoms with E-state index in [-0.39, 0.29) is 11.5 Å². The fourth-order valence-electron chi connectivity index (χ4n) is 3.17. The van der Waals surface area contributed by atoms with Gasteiger partial charge >= 0.3 is 0 Å². The molecule has 0 N–H and O–H groups in total. The lowest BCUT2D eigenvalue weighted by Gasteiger charge is -2.18. The van der Waals surface area contributed by atoms with Gasteiger partial charge in [0.1, 0.15) is 11.1 Å². The second kappa shape index (κ2) is 10.1. The zero-order valence-electron chi connectivity index (χ0n) is 17.7. The number of benzene rings is 2. The van der Waals surface area contributed by atoms with Crippen molar-refractivity contribution in [2.24, 2.45) is 0 Å². The summed E-state index contributed by atoms with van der Waals surface area (Å²) in [5.74, 6) is 1.80. The van der Waals surface area contributed by atoms with Crippen LogP contribution in [0.2, 0.25) is 0 Å². The number of hydrogen-bond acceptors (Lipinski definition) is 7. The maximum Gasteiger partial charge on any atom is 0.220 e. The number of aromatic nitrogens is 3. The number of hydrogen-bond donors (Lipinski definition) is 0. The quantitative estimate of drug-likeness (QED) is 0.224. The molecule has 0 saturated carbocycles. The Morgan fingerprint density at radius 2 is 2.00 bits per heavy atom. The molecule has 3 rings (SSSR count). The molecule has 0 amide bonds. The third-order valence-electron chi connectivity index (χ3n) is 4.55. The molecule has 10 heteroatoms. The third kappa shape index (κ3) is 5.37. The highest BCUT2D eigenvalue weighted by Crippen LogP contribution is 2.43. The molecule has 1 aromatic heterocycles. The summed E-state index contributed by atoms with van der Waals surface area (Å²) in [6.45, 7) is 5.94. The highest BCUT2D eigenvalue weighted by Gasteiger charge is 2.27. The lowest BCUT2D eigenvalue weighted by molar-refractivity contribution is -0.479. The van der Waals surface area contributed by atoms with Gasteiger partial charge < -0.3 is 9.47 Å². The van der Waals surface area contributed by atoms with Crippen LogP contribution in [0.1, 0.15) is 29.1 Å². The summed E-state index contributed by atoms with van der Waals surface area (Å²) in [5.41, 5.74) is 2.73. The maximum absolute atomic E-state index is 11.5. The normalized spacial score (nSPS) is 11.9. The van der Waals surface area contributed by atoms with E-state index in [1.54, 1.807) is 19.2 Å². The van der Waals surface area contributed by atoms with Crippen LogP contribution in [0.4, 0.5) is 0 Å². The molecule has 31 heavy (non-hydrogen) atoms. The zero-order valence-corrected chi connectivity index (χ0v) is 20.1. The van der Waals surface area contributed by atoms with Crippen LogP contribution >= 0.6 is 27.7 Å². The number of rotatable bonds is 9. The van der Waals surface area contributed by atoms with E-state index in [1.807, 2.05) is 49.6 Å². The molecule has 0 saturated heterocycles. The van der Waals surface area contributed by atoms with Crippen LogP contribution in [0, 0.1) is 24.0 Å². The van der Waals surface area contributed by atoms with Gasteiger partial charge in [-0.15, -0.1) is 10.2 Å². The van der Waals surface area contributed by atoms with Crippen molar-refractivity contribution < 1.29 is 14.4 Å². The number of halogens is 1. The molecule has 0 spiro atoms. The van der Waals surface area contributed by atoms with Gasteiger partial charge in [-0.2, -0.15) is 0 Å². The maximum atomic E-state index is 11.5. The lowest BCUT2D eigenvalue weighted by atomic mass is 10.1. The zero-order chi connectivity index (χ0) is 22.5. The van der Waals surface area contributed by atoms with Gasteiger partial charge in [0.15, 0.2) is 16.7 Å². The molecule has 0 unspecified atom stereocenters. The first-order valence-corrected chi connectivity index (χ1v) is 11.3. The molecule has 0 bridgehead atoms. The molecule has 8 nitrogen and oxygen atoms in total. The Morgan fingerprint density at radius 1 is 1.23 bits per heavy atom. The van der Waals surface area contributed by atoms with Crippen molar-refractivity contribution >= 4 is 27.7 Å². The number of methoxy groups -OCH3 is 1. The van der Waals surface area contributed by atoms with Crippen LogP contribution in [-0.4, -0.2) is 39.9 Å². The van der Waals surface area contributed by atoms with E-state index >= 15 is 0 Å². The van der Waals surface area contributed by atoms with Crippen LogP contribution < -0.4 is 9.47 Å². The minimum Gasteiger partial charge on any atom is -0.493 e.